The minimum atomic E-state index is -3.77. The normalized spacial score (nSPS) is 11.4. The molecule has 0 heterocycles. The zero-order chi connectivity index (χ0) is 13.9. The third kappa shape index (κ3) is 3.30. The van der Waals surface area contributed by atoms with Crippen LogP contribution < -0.4 is 4.72 Å². The van der Waals surface area contributed by atoms with Crippen molar-refractivity contribution in [3.63, 3.8) is 0 Å². The van der Waals surface area contributed by atoms with E-state index in [2.05, 4.69) is 4.72 Å². The van der Waals surface area contributed by atoms with Gasteiger partial charge in [0, 0.05) is 12.1 Å². The van der Waals surface area contributed by atoms with E-state index in [0.717, 1.165) is 6.07 Å². The zero-order valence-corrected chi connectivity index (χ0v) is 10.7. The number of hydrogen-bond acceptors (Lipinski definition) is 3. The molecule has 100 valence electrons. The van der Waals surface area contributed by atoms with E-state index in [0.29, 0.717) is 0 Å². The molecule has 4 nitrogen and oxygen atoms in total. The average Bonchev–Trinajstić information content (AvgIpc) is 2.38. The van der Waals surface area contributed by atoms with Crippen LogP contribution in [0.2, 0.25) is 0 Å². The Morgan fingerprint density at radius 1 is 1.11 bits per heavy atom. The van der Waals surface area contributed by atoms with Gasteiger partial charge < -0.3 is 5.11 Å². The fourth-order valence-corrected chi connectivity index (χ4v) is 2.59. The van der Waals surface area contributed by atoms with Gasteiger partial charge in [0.05, 0.1) is 4.90 Å². The van der Waals surface area contributed by atoms with Crippen molar-refractivity contribution >= 4 is 10.0 Å². The van der Waals surface area contributed by atoms with Crippen molar-refractivity contribution < 1.29 is 17.9 Å². The molecular formula is C13H12FNO3S. The summed E-state index contributed by atoms with van der Waals surface area (Å²) < 4.78 is 39.5. The lowest BCUT2D eigenvalue weighted by Crippen LogP contribution is -2.23. The number of rotatable bonds is 4. The Morgan fingerprint density at radius 2 is 1.84 bits per heavy atom. The molecule has 0 atom stereocenters. The standard InChI is InChI=1S/C13H12FNO3S/c14-13-7-2-1-4-10(13)9-15-19(17,18)12-6-3-5-11(16)8-12/h1-8,15-16H,9H2. The van der Waals surface area contributed by atoms with Gasteiger partial charge in [0.2, 0.25) is 10.0 Å². The van der Waals surface area contributed by atoms with Gasteiger partial charge in [-0.05, 0) is 24.3 Å². The van der Waals surface area contributed by atoms with E-state index in [1.54, 1.807) is 6.07 Å². The number of phenolic OH excluding ortho intramolecular Hbond substituents is 1. The van der Waals surface area contributed by atoms with Gasteiger partial charge in [-0.25, -0.2) is 17.5 Å². The van der Waals surface area contributed by atoms with Crippen LogP contribution in [-0.2, 0) is 16.6 Å². The zero-order valence-electron chi connectivity index (χ0n) is 9.88. The smallest absolute Gasteiger partial charge is 0.241 e. The Hall–Kier alpha value is -1.92. The Labute approximate surface area is 110 Å². The molecule has 2 N–H and O–H groups in total. The largest absolute Gasteiger partial charge is 0.508 e. The average molecular weight is 281 g/mol. The fraction of sp³-hybridized carbons (Fsp3) is 0.0769. The summed E-state index contributed by atoms with van der Waals surface area (Å²) in [6.07, 6.45) is 0. The van der Waals surface area contributed by atoms with E-state index in [1.807, 2.05) is 0 Å². The minimum absolute atomic E-state index is 0.0659. The van der Waals surface area contributed by atoms with Gasteiger partial charge in [0.15, 0.2) is 0 Å². The van der Waals surface area contributed by atoms with Gasteiger partial charge in [0.1, 0.15) is 11.6 Å². The number of phenols is 1. The third-order valence-corrected chi connectivity index (χ3v) is 3.94. The molecule has 0 aliphatic heterocycles. The summed E-state index contributed by atoms with van der Waals surface area (Å²) in [6.45, 7) is -0.148. The molecule has 0 aromatic heterocycles. The van der Waals surface area contributed by atoms with Crippen molar-refractivity contribution in [3.8, 4) is 5.75 Å². The Morgan fingerprint density at radius 3 is 2.53 bits per heavy atom. The Balaban J connectivity index is 2.17. The molecule has 0 bridgehead atoms. The summed E-state index contributed by atoms with van der Waals surface area (Å²) >= 11 is 0. The summed E-state index contributed by atoms with van der Waals surface area (Å²) in [6, 6.07) is 11.2. The van der Waals surface area contributed by atoms with Crippen LogP contribution in [0.25, 0.3) is 0 Å². The first-order valence-electron chi connectivity index (χ1n) is 5.51. The van der Waals surface area contributed by atoms with Crippen LogP contribution in [0.15, 0.2) is 53.4 Å². The second kappa shape index (κ2) is 5.38. The maximum atomic E-state index is 13.4. The topological polar surface area (TPSA) is 66.4 Å². The Bertz CT molecular complexity index is 686. The monoisotopic (exact) mass is 281 g/mol. The highest BCUT2D eigenvalue weighted by atomic mass is 32.2. The highest BCUT2D eigenvalue weighted by Gasteiger charge is 2.14. The van der Waals surface area contributed by atoms with E-state index in [4.69, 9.17) is 0 Å². The molecule has 0 radical (unpaired) electrons. The van der Waals surface area contributed by atoms with Crippen molar-refractivity contribution in [1.82, 2.24) is 4.72 Å². The van der Waals surface area contributed by atoms with E-state index in [1.165, 1.54) is 36.4 Å². The summed E-state index contributed by atoms with van der Waals surface area (Å²) in [5.41, 5.74) is 0.256. The van der Waals surface area contributed by atoms with Gasteiger partial charge in [-0.15, -0.1) is 0 Å². The predicted molar refractivity (Wildman–Crippen MR) is 68.5 cm³/mol. The van der Waals surface area contributed by atoms with E-state index >= 15 is 0 Å². The molecule has 19 heavy (non-hydrogen) atoms. The van der Waals surface area contributed by atoms with Crippen molar-refractivity contribution in [1.29, 1.82) is 0 Å². The minimum Gasteiger partial charge on any atom is -0.508 e. The first-order chi connectivity index (χ1) is 8.99. The first kappa shape index (κ1) is 13.5. The first-order valence-corrected chi connectivity index (χ1v) is 6.99. The quantitative estimate of drug-likeness (QED) is 0.901. The molecule has 0 saturated carbocycles. The molecule has 0 fully saturated rings. The van der Waals surface area contributed by atoms with Crippen LogP contribution in [0.1, 0.15) is 5.56 Å². The molecule has 0 aliphatic carbocycles. The summed E-state index contributed by atoms with van der Waals surface area (Å²) in [5.74, 6) is -0.616. The lowest BCUT2D eigenvalue weighted by Gasteiger charge is -2.07. The highest BCUT2D eigenvalue weighted by Crippen LogP contribution is 2.16. The number of sulfonamides is 1. The van der Waals surface area contributed by atoms with Gasteiger partial charge in [-0.3, -0.25) is 0 Å². The lowest BCUT2D eigenvalue weighted by atomic mass is 10.2. The summed E-state index contributed by atoms with van der Waals surface area (Å²) in [7, 11) is -3.77. The van der Waals surface area contributed by atoms with Crippen molar-refractivity contribution in [3.05, 3.63) is 59.9 Å². The number of halogens is 1. The molecule has 2 aromatic carbocycles. The predicted octanol–water partition coefficient (Wildman–Crippen LogP) is 2.01. The van der Waals surface area contributed by atoms with Crippen LogP contribution >= 0.6 is 0 Å². The van der Waals surface area contributed by atoms with Crippen LogP contribution in [0.4, 0.5) is 4.39 Å². The highest BCUT2D eigenvalue weighted by molar-refractivity contribution is 7.89. The van der Waals surface area contributed by atoms with Crippen LogP contribution in [0.5, 0.6) is 5.75 Å². The van der Waals surface area contributed by atoms with Crippen molar-refractivity contribution in [2.75, 3.05) is 0 Å². The van der Waals surface area contributed by atoms with Gasteiger partial charge in [-0.2, -0.15) is 0 Å². The van der Waals surface area contributed by atoms with Crippen LogP contribution in [0, 0.1) is 5.82 Å². The molecule has 0 aliphatic rings. The molecular weight excluding hydrogens is 269 g/mol. The SMILES string of the molecule is O=S(=O)(NCc1ccccc1F)c1cccc(O)c1. The number of hydrogen-bond donors (Lipinski definition) is 2. The third-order valence-electron chi connectivity index (χ3n) is 2.54. The maximum Gasteiger partial charge on any atom is 0.241 e. The lowest BCUT2D eigenvalue weighted by molar-refractivity contribution is 0.473. The number of aromatic hydroxyl groups is 1. The van der Waals surface area contributed by atoms with E-state index in [9.17, 15) is 17.9 Å². The van der Waals surface area contributed by atoms with Crippen molar-refractivity contribution in [2.45, 2.75) is 11.4 Å². The number of nitrogens with one attached hydrogen (secondary N) is 1. The van der Waals surface area contributed by atoms with Crippen molar-refractivity contribution in [2.24, 2.45) is 0 Å². The van der Waals surface area contributed by atoms with E-state index < -0.39 is 15.8 Å². The van der Waals surface area contributed by atoms with Crippen LogP contribution in [0.3, 0.4) is 0 Å². The van der Waals surface area contributed by atoms with E-state index in [-0.39, 0.29) is 22.8 Å². The second-order valence-corrected chi connectivity index (χ2v) is 5.68. The molecule has 2 rings (SSSR count). The van der Waals surface area contributed by atoms with Gasteiger partial charge >= 0.3 is 0 Å². The molecule has 6 heteroatoms. The van der Waals surface area contributed by atoms with Gasteiger partial charge in [-0.1, -0.05) is 24.3 Å². The molecule has 2 aromatic rings. The fourth-order valence-electron chi connectivity index (χ4n) is 1.55. The molecule has 0 saturated heterocycles. The molecule has 0 spiro atoms. The Kier molecular flexibility index (Phi) is 3.82. The molecule has 0 amide bonds. The summed E-state index contributed by atoms with van der Waals surface area (Å²) in [4.78, 5) is -0.0659. The van der Waals surface area contributed by atoms with Crippen LogP contribution in [-0.4, -0.2) is 13.5 Å². The number of benzene rings is 2. The maximum absolute atomic E-state index is 13.4. The van der Waals surface area contributed by atoms with Gasteiger partial charge in [0.25, 0.3) is 0 Å². The molecule has 0 unspecified atom stereocenters. The summed E-state index contributed by atoms with van der Waals surface area (Å²) in [5, 5.41) is 9.25. The second-order valence-electron chi connectivity index (χ2n) is 3.91.